The van der Waals surface area contributed by atoms with E-state index in [4.69, 9.17) is 0 Å². The lowest BCUT2D eigenvalue weighted by atomic mass is 10.1. The highest BCUT2D eigenvalue weighted by molar-refractivity contribution is 5.62. The Morgan fingerprint density at radius 2 is 1.58 bits per heavy atom. The fourth-order valence-corrected chi connectivity index (χ4v) is 1.48. The lowest BCUT2D eigenvalue weighted by Crippen LogP contribution is -2.12. The molecule has 1 aromatic heterocycles. The molecule has 0 radical (unpaired) electrons. The molecular formula is C12H5F5O2. The van der Waals surface area contributed by atoms with Crippen LogP contribution >= 0.6 is 0 Å². The van der Waals surface area contributed by atoms with Crippen LogP contribution in [0.1, 0.15) is 5.76 Å². The maximum atomic E-state index is 13.4. The van der Waals surface area contributed by atoms with Crippen LogP contribution in [0.25, 0.3) is 11.1 Å². The molecule has 0 bridgehead atoms. The number of hydrogen-bond donors (Lipinski definition) is 0. The number of alkyl halides is 3. The molecule has 0 atom stereocenters. The molecule has 19 heavy (non-hydrogen) atoms. The third-order valence-corrected chi connectivity index (χ3v) is 2.32. The molecule has 0 amide bonds. The van der Waals surface area contributed by atoms with Gasteiger partial charge in [-0.1, -0.05) is 0 Å². The molecule has 0 aliphatic heterocycles. The molecular weight excluding hydrogens is 271 g/mol. The molecule has 1 aromatic carbocycles. The fraction of sp³-hybridized carbons (Fsp3) is 0.0833. The van der Waals surface area contributed by atoms with Gasteiger partial charge in [0, 0.05) is 11.6 Å². The second kappa shape index (κ2) is 4.49. The van der Waals surface area contributed by atoms with Crippen molar-refractivity contribution in [1.29, 1.82) is 0 Å². The maximum Gasteiger partial charge on any atom is 0.449 e. The molecule has 2 nitrogen and oxygen atoms in total. The minimum atomic E-state index is -4.81. The van der Waals surface area contributed by atoms with Crippen LogP contribution in [0, 0.1) is 11.6 Å². The quantitative estimate of drug-likeness (QED) is 0.745. The van der Waals surface area contributed by atoms with Gasteiger partial charge in [-0.15, -0.1) is 0 Å². The number of halogens is 5. The summed E-state index contributed by atoms with van der Waals surface area (Å²) in [6.07, 6.45) is -4.81. The first-order chi connectivity index (χ1) is 8.79. The van der Waals surface area contributed by atoms with Crippen LogP contribution in [0.3, 0.4) is 0 Å². The van der Waals surface area contributed by atoms with Gasteiger partial charge in [0.2, 0.25) is 5.76 Å². The largest absolute Gasteiger partial charge is 0.449 e. The van der Waals surface area contributed by atoms with E-state index in [2.05, 4.69) is 4.42 Å². The standard InChI is InChI=1S/C12H5F5O2/c13-6-1-2-7(9(14)5-6)8-3-4-10(12(15,16)17)19-11(8)18/h1-5H. The summed E-state index contributed by atoms with van der Waals surface area (Å²) in [7, 11) is 0. The fourth-order valence-electron chi connectivity index (χ4n) is 1.48. The van der Waals surface area contributed by atoms with Crippen molar-refractivity contribution < 1.29 is 26.4 Å². The van der Waals surface area contributed by atoms with Crippen molar-refractivity contribution in [1.82, 2.24) is 0 Å². The summed E-state index contributed by atoms with van der Waals surface area (Å²) in [5.41, 5.74) is -2.09. The van der Waals surface area contributed by atoms with Crippen LogP contribution in [0.2, 0.25) is 0 Å². The molecule has 100 valence electrons. The van der Waals surface area contributed by atoms with Crippen LogP contribution in [0.15, 0.2) is 39.5 Å². The average Bonchev–Trinajstić information content (AvgIpc) is 2.28. The first-order valence-corrected chi connectivity index (χ1v) is 4.96. The summed E-state index contributed by atoms with van der Waals surface area (Å²) in [5.74, 6) is -3.41. The summed E-state index contributed by atoms with van der Waals surface area (Å²) in [4.78, 5) is 11.4. The van der Waals surface area contributed by atoms with Crippen LogP contribution in [0.4, 0.5) is 22.0 Å². The molecule has 7 heteroatoms. The van der Waals surface area contributed by atoms with Crippen molar-refractivity contribution in [2.75, 3.05) is 0 Å². The lowest BCUT2D eigenvalue weighted by Gasteiger charge is -2.06. The molecule has 0 fully saturated rings. The van der Waals surface area contributed by atoms with Crippen LogP contribution in [0.5, 0.6) is 0 Å². The van der Waals surface area contributed by atoms with Gasteiger partial charge in [0.1, 0.15) is 11.6 Å². The highest BCUT2D eigenvalue weighted by Gasteiger charge is 2.34. The molecule has 2 rings (SSSR count). The number of hydrogen-bond acceptors (Lipinski definition) is 2. The monoisotopic (exact) mass is 276 g/mol. The number of benzene rings is 1. The van der Waals surface area contributed by atoms with Gasteiger partial charge in [-0.25, -0.2) is 13.6 Å². The van der Waals surface area contributed by atoms with Crippen LogP contribution in [-0.4, -0.2) is 0 Å². The molecule has 0 unspecified atom stereocenters. The maximum absolute atomic E-state index is 13.4. The van der Waals surface area contributed by atoms with Crippen molar-refractivity contribution in [3.63, 3.8) is 0 Å². The highest BCUT2D eigenvalue weighted by Crippen LogP contribution is 2.29. The Balaban J connectivity index is 2.56. The molecule has 0 saturated carbocycles. The first kappa shape index (κ1) is 13.3. The molecule has 0 N–H and O–H groups in total. The zero-order valence-electron chi connectivity index (χ0n) is 9.09. The Kier molecular flexibility index (Phi) is 3.13. The molecule has 0 aliphatic rings. The summed E-state index contributed by atoms with van der Waals surface area (Å²) < 4.78 is 67.0. The van der Waals surface area contributed by atoms with E-state index in [0.29, 0.717) is 12.1 Å². The smallest absolute Gasteiger partial charge is 0.418 e. The predicted octanol–water partition coefficient (Wildman–Crippen LogP) is 3.60. The van der Waals surface area contributed by atoms with Gasteiger partial charge >= 0.3 is 11.8 Å². The highest BCUT2D eigenvalue weighted by atomic mass is 19.4. The van der Waals surface area contributed by atoms with E-state index in [0.717, 1.165) is 18.2 Å². The predicted molar refractivity (Wildman–Crippen MR) is 55.3 cm³/mol. The van der Waals surface area contributed by atoms with Crippen LogP contribution < -0.4 is 5.63 Å². The normalized spacial score (nSPS) is 11.6. The SMILES string of the molecule is O=c1oc(C(F)(F)F)ccc1-c1ccc(F)cc1F. The lowest BCUT2D eigenvalue weighted by molar-refractivity contribution is -0.154. The second-order valence-electron chi connectivity index (χ2n) is 3.62. The molecule has 1 heterocycles. The molecule has 0 spiro atoms. The number of rotatable bonds is 1. The minimum absolute atomic E-state index is 0.330. The van der Waals surface area contributed by atoms with E-state index in [1.807, 2.05) is 0 Å². The van der Waals surface area contributed by atoms with Gasteiger partial charge in [0.05, 0.1) is 5.56 Å². The van der Waals surface area contributed by atoms with E-state index >= 15 is 0 Å². The Labute approximate surface area is 103 Å². The van der Waals surface area contributed by atoms with Crippen molar-refractivity contribution in [3.05, 3.63) is 58.1 Å². The Morgan fingerprint density at radius 3 is 2.11 bits per heavy atom. The zero-order chi connectivity index (χ0) is 14.2. The Morgan fingerprint density at radius 1 is 0.947 bits per heavy atom. The molecule has 0 aliphatic carbocycles. The summed E-state index contributed by atoms with van der Waals surface area (Å²) >= 11 is 0. The molecule has 2 aromatic rings. The van der Waals surface area contributed by atoms with E-state index in [1.165, 1.54) is 0 Å². The van der Waals surface area contributed by atoms with Gasteiger partial charge in [-0.3, -0.25) is 0 Å². The van der Waals surface area contributed by atoms with E-state index in [1.54, 1.807) is 0 Å². The van der Waals surface area contributed by atoms with Crippen molar-refractivity contribution in [2.24, 2.45) is 0 Å². The van der Waals surface area contributed by atoms with Crippen molar-refractivity contribution in [2.45, 2.75) is 6.18 Å². The van der Waals surface area contributed by atoms with Crippen molar-refractivity contribution >= 4 is 0 Å². The van der Waals surface area contributed by atoms with Gasteiger partial charge < -0.3 is 4.42 Å². The van der Waals surface area contributed by atoms with Gasteiger partial charge in [-0.2, -0.15) is 13.2 Å². The first-order valence-electron chi connectivity index (χ1n) is 4.96. The third kappa shape index (κ3) is 2.64. The minimum Gasteiger partial charge on any atom is -0.418 e. The van der Waals surface area contributed by atoms with Gasteiger partial charge in [0.25, 0.3) is 0 Å². The zero-order valence-corrected chi connectivity index (χ0v) is 9.09. The summed E-state index contributed by atoms with van der Waals surface area (Å²) in [5, 5.41) is 0. The third-order valence-electron chi connectivity index (χ3n) is 2.32. The summed E-state index contributed by atoms with van der Waals surface area (Å²) in [6, 6.07) is 3.65. The van der Waals surface area contributed by atoms with E-state index < -0.39 is 34.8 Å². The van der Waals surface area contributed by atoms with Crippen LogP contribution in [-0.2, 0) is 6.18 Å². The molecule has 0 saturated heterocycles. The summed E-state index contributed by atoms with van der Waals surface area (Å²) in [6.45, 7) is 0. The average molecular weight is 276 g/mol. The van der Waals surface area contributed by atoms with E-state index in [9.17, 15) is 26.7 Å². The second-order valence-corrected chi connectivity index (χ2v) is 3.62. The topological polar surface area (TPSA) is 30.2 Å². The van der Waals surface area contributed by atoms with E-state index in [-0.39, 0.29) is 5.56 Å². The van der Waals surface area contributed by atoms with Gasteiger partial charge in [0.15, 0.2) is 0 Å². The van der Waals surface area contributed by atoms with Gasteiger partial charge in [-0.05, 0) is 24.3 Å². The Bertz CT molecular complexity index is 673. The van der Waals surface area contributed by atoms with Crippen molar-refractivity contribution in [3.8, 4) is 11.1 Å². The Hall–Kier alpha value is -2.18.